The van der Waals surface area contributed by atoms with Crippen molar-refractivity contribution in [1.29, 1.82) is 0 Å². The Morgan fingerprint density at radius 2 is 1.04 bits per heavy atom. The molecule has 8 aromatic rings. The van der Waals surface area contributed by atoms with Gasteiger partial charge >= 0.3 is 0 Å². The highest BCUT2D eigenvalue weighted by molar-refractivity contribution is 7.12. The number of aromatic nitrogens is 2. The van der Waals surface area contributed by atoms with Crippen LogP contribution in [0.25, 0.3) is 50.2 Å². The molecule has 51 heavy (non-hydrogen) atoms. The monoisotopic (exact) mass is 670 g/mol. The minimum absolute atomic E-state index is 0.337. The van der Waals surface area contributed by atoms with Crippen molar-refractivity contribution in [1.82, 2.24) is 9.13 Å². The van der Waals surface area contributed by atoms with Crippen molar-refractivity contribution < 1.29 is 0 Å². The molecule has 0 fully saturated rings. The third-order valence-electron chi connectivity index (χ3n) is 11.3. The lowest BCUT2D eigenvalue weighted by Gasteiger charge is -2.40. The van der Waals surface area contributed by atoms with Crippen LogP contribution in [0.4, 0.5) is 0 Å². The fourth-order valence-electron chi connectivity index (χ4n) is 9.19. The summed E-state index contributed by atoms with van der Waals surface area (Å²) in [5, 5.41) is 8.21. The predicted molar refractivity (Wildman–Crippen MR) is 219 cm³/mol. The highest BCUT2D eigenvalue weighted by atomic mass is 28.3. The van der Waals surface area contributed by atoms with Gasteiger partial charge in [-0.2, -0.15) is 0 Å². The molecular weight excluding hydrogens is 633 g/mol. The van der Waals surface area contributed by atoms with Gasteiger partial charge in [-0.3, -0.25) is 0 Å². The van der Waals surface area contributed by atoms with E-state index in [4.69, 9.17) is 0 Å². The van der Waals surface area contributed by atoms with Crippen molar-refractivity contribution in [2.24, 2.45) is 0 Å². The Labute approximate surface area is 299 Å². The summed E-state index contributed by atoms with van der Waals surface area (Å²) in [5.74, 6) is 0. The summed E-state index contributed by atoms with van der Waals surface area (Å²) < 4.78 is 5.06. The Bertz CT molecular complexity index is 2580. The highest BCUT2D eigenvalue weighted by Crippen LogP contribution is 2.38. The Kier molecular flexibility index (Phi) is 7.14. The van der Waals surface area contributed by atoms with Gasteiger partial charge in [0.15, 0.2) is 8.07 Å². The molecule has 3 heteroatoms. The Hall–Kier alpha value is -5.90. The minimum atomic E-state index is -2.73. The van der Waals surface area contributed by atoms with Gasteiger partial charge in [-0.1, -0.05) is 146 Å². The number of benzene rings is 6. The molecule has 0 radical (unpaired) electrons. The van der Waals surface area contributed by atoms with E-state index in [0.29, 0.717) is 5.54 Å². The smallest absolute Gasteiger partial charge is 0.155 e. The number of nitrogens with zero attached hydrogens (tertiary/aromatic N) is 2. The van der Waals surface area contributed by atoms with E-state index in [0.717, 1.165) is 19.3 Å². The van der Waals surface area contributed by atoms with Crippen molar-refractivity contribution in [2.75, 3.05) is 0 Å². The molecule has 2 aromatic heterocycles. The first-order chi connectivity index (χ1) is 25.3. The minimum Gasteiger partial charge on any atom is -0.310 e. The first-order valence-corrected chi connectivity index (χ1v) is 20.3. The number of hydrogen-bond donors (Lipinski definition) is 0. The van der Waals surface area contributed by atoms with Crippen LogP contribution in [0, 0.1) is 0 Å². The van der Waals surface area contributed by atoms with Crippen LogP contribution in [0.15, 0.2) is 182 Å². The summed E-state index contributed by atoms with van der Waals surface area (Å²) in [5.41, 5.74) is 9.24. The topological polar surface area (TPSA) is 9.86 Å². The summed E-state index contributed by atoms with van der Waals surface area (Å²) in [4.78, 5) is 0. The normalized spacial score (nSPS) is 15.6. The molecule has 2 aliphatic carbocycles. The van der Waals surface area contributed by atoms with Crippen molar-refractivity contribution >= 4 is 62.4 Å². The summed E-state index contributed by atoms with van der Waals surface area (Å²) in [7, 11) is -2.73. The van der Waals surface area contributed by atoms with Crippen molar-refractivity contribution in [3.8, 4) is 11.4 Å². The van der Waals surface area contributed by atoms with Gasteiger partial charge in [-0.15, -0.1) is 0 Å². The van der Waals surface area contributed by atoms with Crippen LogP contribution in [-0.4, -0.2) is 17.2 Å². The number of para-hydroxylation sites is 3. The van der Waals surface area contributed by atoms with Crippen LogP contribution in [0.2, 0.25) is 5.54 Å². The van der Waals surface area contributed by atoms with E-state index in [-0.39, 0.29) is 0 Å². The Morgan fingerprint density at radius 3 is 1.65 bits per heavy atom. The first-order valence-electron chi connectivity index (χ1n) is 18.2. The van der Waals surface area contributed by atoms with Crippen LogP contribution < -0.4 is 15.6 Å². The van der Waals surface area contributed by atoms with Gasteiger partial charge in [0, 0.05) is 33.2 Å². The van der Waals surface area contributed by atoms with Gasteiger partial charge < -0.3 is 9.13 Å². The van der Waals surface area contributed by atoms with E-state index >= 15 is 0 Å². The van der Waals surface area contributed by atoms with Crippen LogP contribution in [0.1, 0.15) is 24.1 Å². The largest absolute Gasteiger partial charge is 0.310 e. The highest BCUT2D eigenvalue weighted by Gasteiger charge is 2.45. The molecule has 0 saturated carbocycles. The molecule has 0 bridgehead atoms. The SMILES string of the molecule is C1=CCC([Si](c2ccccc2)(c2ccccc2)c2cc(-n3c4c(c5ccccc53)CCC=C4)cc(-n3c4ccccc4c4ccccc43)c2)C=C1. The third kappa shape index (κ3) is 4.62. The van der Waals surface area contributed by atoms with Crippen molar-refractivity contribution in [2.45, 2.75) is 24.8 Å². The molecule has 0 N–H and O–H groups in total. The molecule has 2 aliphatic rings. The number of hydrogen-bond acceptors (Lipinski definition) is 0. The number of rotatable bonds is 6. The standard InChI is InChI=1S/C48H38N2Si/c1-4-18-37(19-5-1)51(38-20-6-2-7-21-38,39-22-8-3-9-23-39)40-33-35(49-45-28-14-10-24-41(45)42-25-11-15-29-46(42)49)32-36(34-40)50-47-30-16-12-26-43(47)44-27-13-17-31-48(44)50/h1-12,14-22,24-26,28-34,39H,13,23,27H2. The van der Waals surface area contributed by atoms with Crippen molar-refractivity contribution in [3.63, 3.8) is 0 Å². The molecule has 0 saturated heterocycles. The molecule has 0 aliphatic heterocycles. The molecule has 0 amide bonds. The predicted octanol–water partition coefficient (Wildman–Crippen LogP) is 10.0. The average molecular weight is 671 g/mol. The Balaban J connectivity index is 1.38. The van der Waals surface area contributed by atoms with E-state index in [2.05, 4.69) is 197 Å². The molecule has 0 spiro atoms. The van der Waals surface area contributed by atoms with Gasteiger partial charge in [0.05, 0.1) is 16.6 Å². The van der Waals surface area contributed by atoms with Crippen LogP contribution >= 0.6 is 0 Å². The zero-order valence-corrected chi connectivity index (χ0v) is 29.5. The second-order valence-electron chi connectivity index (χ2n) is 14.0. The second-order valence-corrected chi connectivity index (χ2v) is 18.1. The average Bonchev–Trinajstić information content (AvgIpc) is 3.73. The number of aryl methyl sites for hydroxylation is 1. The lowest BCUT2D eigenvalue weighted by atomic mass is 10.0. The summed E-state index contributed by atoms with van der Waals surface area (Å²) in [6.07, 6.45) is 17.2. The maximum atomic E-state index is 2.56. The molecule has 1 atom stereocenters. The molecule has 2 nitrogen and oxygen atoms in total. The van der Waals surface area contributed by atoms with Gasteiger partial charge in [0.1, 0.15) is 0 Å². The summed E-state index contributed by atoms with van der Waals surface area (Å²) in [6, 6.07) is 57.2. The fourth-order valence-corrected chi connectivity index (χ4v) is 14.6. The first kappa shape index (κ1) is 30.0. The summed E-state index contributed by atoms with van der Waals surface area (Å²) in [6.45, 7) is 0. The molecular formula is C48H38N2Si. The quantitative estimate of drug-likeness (QED) is 0.123. The zero-order valence-electron chi connectivity index (χ0n) is 28.5. The maximum Gasteiger partial charge on any atom is 0.155 e. The molecule has 6 aromatic carbocycles. The van der Waals surface area contributed by atoms with Gasteiger partial charge in [-0.05, 0) is 88.4 Å². The van der Waals surface area contributed by atoms with Gasteiger partial charge in [0.25, 0.3) is 0 Å². The lowest BCUT2D eigenvalue weighted by Crippen LogP contribution is -2.69. The molecule has 2 heterocycles. The lowest BCUT2D eigenvalue weighted by molar-refractivity contribution is 0.966. The van der Waals surface area contributed by atoms with Gasteiger partial charge in [-0.25, -0.2) is 0 Å². The van der Waals surface area contributed by atoms with Crippen LogP contribution in [0.3, 0.4) is 0 Å². The van der Waals surface area contributed by atoms with Gasteiger partial charge in [0.2, 0.25) is 0 Å². The maximum absolute atomic E-state index is 2.73. The number of fused-ring (bicyclic) bond motifs is 6. The van der Waals surface area contributed by atoms with E-state index in [1.807, 2.05) is 0 Å². The summed E-state index contributed by atoms with van der Waals surface area (Å²) >= 11 is 0. The van der Waals surface area contributed by atoms with E-state index in [1.165, 1.54) is 70.9 Å². The third-order valence-corrected chi connectivity index (χ3v) is 16.5. The number of allylic oxidation sites excluding steroid dienone is 5. The van der Waals surface area contributed by atoms with Crippen LogP contribution in [0.5, 0.6) is 0 Å². The molecule has 1 unspecified atom stereocenters. The Morgan fingerprint density at radius 1 is 0.490 bits per heavy atom. The fraction of sp³-hybridized carbons (Fsp3) is 0.0833. The van der Waals surface area contributed by atoms with E-state index in [1.54, 1.807) is 0 Å². The van der Waals surface area contributed by atoms with E-state index in [9.17, 15) is 0 Å². The molecule has 244 valence electrons. The van der Waals surface area contributed by atoms with Crippen molar-refractivity contribution in [3.05, 3.63) is 193 Å². The zero-order chi connectivity index (χ0) is 33.8. The second kappa shape index (κ2) is 12.2. The van der Waals surface area contributed by atoms with Crippen LogP contribution in [-0.2, 0) is 6.42 Å². The molecule has 10 rings (SSSR count). The van der Waals surface area contributed by atoms with E-state index < -0.39 is 8.07 Å².